The fourth-order valence-electron chi connectivity index (χ4n) is 2.18. The van der Waals surface area contributed by atoms with Crippen molar-refractivity contribution in [2.45, 2.75) is 26.3 Å². The van der Waals surface area contributed by atoms with E-state index in [-0.39, 0.29) is 0 Å². The highest BCUT2D eigenvalue weighted by atomic mass is 16.5. The van der Waals surface area contributed by atoms with Crippen LogP contribution in [0.3, 0.4) is 0 Å². The summed E-state index contributed by atoms with van der Waals surface area (Å²) < 4.78 is 10.6. The summed E-state index contributed by atoms with van der Waals surface area (Å²) in [5, 5.41) is 3.45. The average molecular weight is 285 g/mol. The van der Waals surface area contributed by atoms with Gasteiger partial charge in [0.1, 0.15) is 11.5 Å². The van der Waals surface area contributed by atoms with Gasteiger partial charge in [0.05, 0.1) is 14.2 Å². The van der Waals surface area contributed by atoms with E-state index in [1.165, 1.54) is 5.56 Å². The van der Waals surface area contributed by atoms with Crippen molar-refractivity contribution in [3.63, 3.8) is 0 Å². The fraction of sp³-hybridized carbons (Fsp3) is 0.333. The molecule has 2 aromatic carbocycles. The van der Waals surface area contributed by atoms with Crippen molar-refractivity contribution in [2.75, 3.05) is 19.5 Å². The number of rotatable bonds is 6. The van der Waals surface area contributed by atoms with Crippen molar-refractivity contribution in [2.24, 2.45) is 0 Å². The quantitative estimate of drug-likeness (QED) is 0.851. The Morgan fingerprint density at radius 3 is 2.19 bits per heavy atom. The SMILES string of the molecule is COc1cc(CNc2cccc(C(C)C)c2)cc(OC)c1. The van der Waals surface area contributed by atoms with E-state index in [0.717, 1.165) is 29.3 Å². The fourth-order valence-corrected chi connectivity index (χ4v) is 2.18. The molecule has 3 heteroatoms. The Kier molecular flexibility index (Phi) is 5.09. The highest BCUT2D eigenvalue weighted by Gasteiger charge is 2.03. The number of hydrogen-bond donors (Lipinski definition) is 1. The van der Waals surface area contributed by atoms with Gasteiger partial charge < -0.3 is 14.8 Å². The molecular weight excluding hydrogens is 262 g/mol. The van der Waals surface area contributed by atoms with E-state index in [1.807, 2.05) is 18.2 Å². The summed E-state index contributed by atoms with van der Waals surface area (Å²) >= 11 is 0. The lowest BCUT2D eigenvalue weighted by atomic mass is 10.0. The van der Waals surface area contributed by atoms with Gasteiger partial charge in [0.15, 0.2) is 0 Å². The highest BCUT2D eigenvalue weighted by Crippen LogP contribution is 2.24. The predicted octanol–water partition coefficient (Wildman–Crippen LogP) is 4.44. The molecular formula is C18H23NO2. The maximum Gasteiger partial charge on any atom is 0.122 e. The molecule has 0 amide bonds. The Bertz CT molecular complexity index is 571. The summed E-state index contributed by atoms with van der Waals surface area (Å²) in [4.78, 5) is 0. The Labute approximate surface area is 126 Å². The van der Waals surface area contributed by atoms with Gasteiger partial charge in [-0.2, -0.15) is 0 Å². The molecule has 2 rings (SSSR count). The lowest BCUT2D eigenvalue weighted by Gasteiger charge is -2.12. The maximum atomic E-state index is 5.29. The monoisotopic (exact) mass is 285 g/mol. The molecule has 0 spiro atoms. The molecule has 3 nitrogen and oxygen atoms in total. The van der Waals surface area contributed by atoms with Gasteiger partial charge in [0.25, 0.3) is 0 Å². The van der Waals surface area contributed by atoms with Gasteiger partial charge in [0.2, 0.25) is 0 Å². The van der Waals surface area contributed by atoms with E-state index in [1.54, 1.807) is 14.2 Å². The molecule has 0 saturated heterocycles. The number of anilines is 1. The van der Waals surface area contributed by atoms with E-state index >= 15 is 0 Å². The zero-order valence-electron chi connectivity index (χ0n) is 13.1. The molecule has 0 heterocycles. The van der Waals surface area contributed by atoms with Crippen LogP contribution in [0.5, 0.6) is 11.5 Å². The van der Waals surface area contributed by atoms with Gasteiger partial charge in [0, 0.05) is 18.3 Å². The third-order valence-electron chi connectivity index (χ3n) is 3.46. The lowest BCUT2D eigenvalue weighted by molar-refractivity contribution is 0.393. The first-order valence-corrected chi connectivity index (χ1v) is 7.18. The minimum atomic E-state index is 0.531. The molecule has 0 radical (unpaired) electrons. The summed E-state index contributed by atoms with van der Waals surface area (Å²) in [6, 6.07) is 14.4. The van der Waals surface area contributed by atoms with Gasteiger partial charge >= 0.3 is 0 Å². The largest absolute Gasteiger partial charge is 0.497 e. The Hall–Kier alpha value is -2.16. The van der Waals surface area contributed by atoms with Crippen LogP contribution in [0.4, 0.5) is 5.69 Å². The molecule has 21 heavy (non-hydrogen) atoms. The third kappa shape index (κ3) is 4.15. The van der Waals surface area contributed by atoms with Gasteiger partial charge in [-0.05, 0) is 41.3 Å². The molecule has 0 aliphatic rings. The number of ether oxygens (including phenoxy) is 2. The lowest BCUT2D eigenvalue weighted by Crippen LogP contribution is -2.01. The second-order valence-corrected chi connectivity index (χ2v) is 5.35. The molecule has 0 atom stereocenters. The van der Waals surface area contributed by atoms with Crippen LogP contribution in [0.15, 0.2) is 42.5 Å². The summed E-state index contributed by atoms with van der Waals surface area (Å²) in [6.45, 7) is 5.13. The standard InChI is InChI=1S/C18H23NO2/c1-13(2)15-6-5-7-16(10-15)19-12-14-8-17(20-3)11-18(9-14)21-4/h5-11,13,19H,12H2,1-4H3. The smallest absolute Gasteiger partial charge is 0.122 e. The highest BCUT2D eigenvalue weighted by molar-refractivity contribution is 5.48. The minimum Gasteiger partial charge on any atom is -0.497 e. The predicted molar refractivity (Wildman–Crippen MR) is 87.4 cm³/mol. The Morgan fingerprint density at radius 1 is 0.952 bits per heavy atom. The van der Waals surface area contributed by atoms with Crippen LogP contribution in [0.25, 0.3) is 0 Å². The molecule has 0 aliphatic carbocycles. The van der Waals surface area contributed by atoms with Crippen LogP contribution >= 0.6 is 0 Å². The summed E-state index contributed by atoms with van der Waals surface area (Å²) in [5.41, 5.74) is 3.59. The van der Waals surface area contributed by atoms with Crippen LogP contribution in [-0.4, -0.2) is 14.2 Å². The van der Waals surface area contributed by atoms with Crippen LogP contribution < -0.4 is 14.8 Å². The number of hydrogen-bond acceptors (Lipinski definition) is 3. The maximum absolute atomic E-state index is 5.29. The molecule has 0 bridgehead atoms. The van der Waals surface area contributed by atoms with Crippen molar-refractivity contribution in [1.29, 1.82) is 0 Å². The average Bonchev–Trinajstić information content (AvgIpc) is 2.52. The molecule has 0 saturated carbocycles. The first-order valence-electron chi connectivity index (χ1n) is 7.18. The zero-order valence-corrected chi connectivity index (χ0v) is 13.1. The third-order valence-corrected chi connectivity index (χ3v) is 3.46. The van der Waals surface area contributed by atoms with Crippen molar-refractivity contribution < 1.29 is 9.47 Å². The summed E-state index contributed by atoms with van der Waals surface area (Å²) in [5.74, 6) is 2.15. The van der Waals surface area contributed by atoms with Crippen molar-refractivity contribution in [3.8, 4) is 11.5 Å². The van der Waals surface area contributed by atoms with E-state index in [4.69, 9.17) is 9.47 Å². The van der Waals surface area contributed by atoms with E-state index in [0.29, 0.717) is 5.92 Å². The minimum absolute atomic E-state index is 0.531. The second kappa shape index (κ2) is 7.02. The Morgan fingerprint density at radius 2 is 1.62 bits per heavy atom. The van der Waals surface area contributed by atoms with E-state index < -0.39 is 0 Å². The number of methoxy groups -OCH3 is 2. The first kappa shape index (κ1) is 15.2. The van der Waals surface area contributed by atoms with Gasteiger partial charge in [-0.15, -0.1) is 0 Å². The van der Waals surface area contributed by atoms with Crippen molar-refractivity contribution in [3.05, 3.63) is 53.6 Å². The van der Waals surface area contributed by atoms with Crippen molar-refractivity contribution in [1.82, 2.24) is 0 Å². The normalized spacial score (nSPS) is 10.5. The Balaban J connectivity index is 2.10. The van der Waals surface area contributed by atoms with Crippen molar-refractivity contribution >= 4 is 5.69 Å². The van der Waals surface area contributed by atoms with Gasteiger partial charge in [-0.1, -0.05) is 26.0 Å². The molecule has 112 valence electrons. The molecule has 0 aromatic heterocycles. The number of nitrogens with one attached hydrogen (secondary N) is 1. The second-order valence-electron chi connectivity index (χ2n) is 5.35. The van der Waals surface area contributed by atoms with Gasteiger partial charge in [-0.25, -0.2) is 0 Å². The molecule has 0 aliphatic heterocycles. The topological polar surface area (TPSA) is 30.5 Å². The first-order chi connectivity index (χ1) is 10.1. The molecule has 2 aromatic rings. The summed E-state index contributed by atoms with van der Waals surface area (Å²) in [7, 11) is 3.33. The summed E-state index contributed by atoms with van der Waals surface area (Å²) in [6.07, 6.45) is 0. The molecule has 1 N–H and O–H groups in total. The van der Waals surface area contributed by atoms with Crippen LogP contribution in [0.2, 0.25) is 0 Å². The zero-order chi connectivity index (χ0) is 15.2. The van der Waals surface area contributed by atoms with E-state index in [9.17, 15) is 0 Å². The van der Waals surface area contributed by atoms with Crippen LogP contribution in [0, 0.1) is 0 Å². The molecule has 0 unspecified atom stereocenters. The van der Waals surface area contributed by atoms with Crippen LogP contribution in [-0.2, 0) is 6.54 Å². The number of benzene rings is 2. The van der Waals surface area contributed by atoms with E-state index in [2.05, 4.69) is 43.4 Å². The molecule has 0 fully saturated rings. The van der Waals surface area contributed by atoms with Crippen LogP contribution in [0.1, 0.15) is 30.9 Å². The van der Waals surface area contributed by atoms with Gasteiger partial charge in [-0.3, -0.25) is 0 Å².